The maximum Gasteiger partial charge on any atom is 0.333 e. The van der Waals surface area contributed by atoms with Crippen molar-refractivity contribution >= 4 is 17.5 Å². The van der Waals surface area contributed by atoms with Gasteiger partial charge in [-0.25, -0.2) is 9.59 Å². The Hall–Kier alpha value is -3.12. The van der Waals surface area contributed by atoms with Gasteiger partial charge in [-0.3, -0.25) is 0 Å². The first-order valence-corrected chi connectivity index (χ1v) is 12.6. The molecule has 0 aliphatic heterocycles. The number of aliphatic hydroxyl groups excluding tert-OH is 1. The summed E-state index contributed by atoms with van der Waals surface area (Å²) in [5, 5.41) is 9.25. The standard InChI is InChI=1S/C30H42O6/c1-8-23(7)27(9-2)26-19-24(13-10-16-35-29(32)21(3)4)28(34-18-12-15-31)25(20-26)14-11-17-36-30(33)22(5)6/h9,19-20,31H,3,5,7-8,10-18H2,1-2,4,6H3/b27-9+. The molecule has 0 radical (unpaired) electrons. The molecule has 1 N–H and O–H groups in total. The van der Waals surface area contributed by atoms with Crippen LogP contribution in [0, 0.1) is 0 Å². The molecule has 0 heterocycles. The molecule has 0 saturated heterocycles. The van der Waals surface area contributed by atoms with E-state index >= 15 is 0 Å². The Morgan fingerprint density at radius 2 is 1.39 bits per heavy atom. The van der Waals surface area contributed by atoms with Crippen molar-refractivity contribution in [3.8, 4) is 5.75 Å². The van der Waals surface area contributed by atoms with E-state index in [9.17, 15) is 14.7 Å². The van der Waals surface area contributed by atoms with Gasteiger partial charge in [0, 0.05) is 24.2 Å². The molecule has 6 nitrogen and oxygen atoms in total. The van der Waals surface area contributed by atoms with Crippen molar-refractivity contribution in [1.29, 1.82) is 0 Å². The Kier molecular flexibility index (Phi) is 14.2. The van der Waals surface area contributed by atoms with Gasteiger partial charge in [0.05, 0.1) is 19.8 Å². The van der Waals surface area contributed by atoms with E-state index in [2.05, 4.69) is 44.9 Å². The van der Waals surface area contributed by atoms with Crippen LogP contribution < -0.4 is 4.74 Å². The number of aryl methyl sites for hydroxylation is 2. The molecule has 0 saturated carbocycles. The number of carbonyl (C=O) groups is 2. The van der Waals surface area contributed by atoms with Gasteiger partial charge < -0.3 is 19.3 Å². The van der Waals surface area contributed by atoms with Crippen LogP contribution in [-0.4, -0.2) is 43.5 Å². The van der Waals surface area contributed by atoms with Gasteiger partial charge in [-0.05, 0) is 92.8 Å². The first kappa shape index (κ1) is 30.9. The van der Waals surface area contributed by atoms with Crippen LogP contribution in [0.4, 0.5) is 0 Å². The SMILES string of the molecule is C=C(C)C(=O)OCCCc1cc(/C(=C/C)C(=C)CC)cc(CCCOC(=O)C(=C)C)c1OCCCO. The number of aliphatic hydroxyl groups is 1. The van der Waals surface area contributed by atoms with Crippen LogP contribution in [0.1, 0.15) is 70.1 Å². The number of rotatable bonds is 17. The van der Waals surface area contributed by atoms with E-state index in [1.807, 2.05) is 6.92 Å². The third kappa shape index (κ3) is 10.2. The molecule has 0 fully saturated rings. The van der Waals surface area contributed by atoms with Crippen molar-refractivity contribution in [2.45, 2.75) is 66.2 Å². The average Bonchev–Trinajstić information content (AvgIpc) is 2.85. The molecule has 0 bridgehead atoms. The lowest BCUT2D eigenvalue weighted by molar-refractivity contribution is -0.139. The van der Waals surface area contributed by atoms with Gasteiger partial charge in [-0.2, -0.15) is 0 Å². The summed E-state index contributed by atoms with van der Waals surface area (Å²) in [6.07, 6.45) is 5.91. The van der Waals surface area contributed by atoms with Gasteiger partial charge in [0.15, 0.2) is 0 Å². The number of allylic oxidation sites excluding steroid dienone is 3. The van der Waals surface area contributed by atoms with Crippen molar-refractivity contribution in [2.75, 3.05) is 26.4 Å². The molecule has 1 rings (SSSR count). The minimum absolute atomic E-state index is 0.0372. The fourth-order valence-corrected chi connectivity index (χ4v) is 3.57. The molecule has 1 aromatic rings. The summed E-state index contributed by atoms with van der Waals surface area (Å²) in [6.45, 7) is 19.7. The third-order valence-electron chi connectivity index (χ3n) is 5.54. The smallest absolute Gasteiger partial charge is 0.333 e. The van der Waals surface area contributed by atoms with Gasteiger partial charge >= 0.3 is 11.9 Å². The highest BCUT2D eigenvalue weighted by atomic mass is 16.5. The van der Waals surface area contributed by atoms with Crippen molar-refractivity contribution in [2.24, 2.45) is 0 Å². The molecular formula is C30H42O6. The molecule has 36 heavy (non-hydrogen) atoms. The number of hydrogen-bond donors (Lipinski definition) is 1. The predicted octanol–water partition coefficient (Wildman–Crippen LogP) is 5.92. The molecule has 1 aromatic carbocycles. The van der Waals surface area contributed by atoms with E-state index in [-0.39, 0.29) is 19.8 Å². The summed E-state index contributed by atoms with van der Waals surface area (Å²) >= 11 is 0. The second-order valence-corrected chi connectivity index (χ2v) is 8.75. The van der Waals surface area contributed by atoms with Gasteiger partial charge in [0.1, 0.15) is 5.75 Å². The van der Waals surface area contributed by atoms with Crippen LogP contribution in [0.15, 0.2) is 54.7 Å². The molecule has 0 aliphatic carbocycles. The second-order valence-electron chi connectivity index (χ2n) is 8.75. The zero-order valence-corrected chi connectivity index (χ0v) is 22.4. The van der Waals surface area contributed by atoms with Gasteiger partial charge in [0.2, 0.25) is 0 Å². The Morgan fingerprint density at radius 3 is 1.78 bits per heavy atom. The lowest BCUT2D eigenvalue weighted by Gasteiger charge is -2.20. The molecule has 0 aromatic heterocycles. The summed E-state index contributed by atoms with van der Waals surface area (Å²) in [5.74, 6) is -0.0329. The molecule has 0 amide bonds. The van der Waals surface area contributed by atoms with E-state index in [1.165, 1.54) is 0 Å². The molecule has 0 aliphatic rings. The number of hydrogen-bond acceptors (Lipinski definition) is 6. The Morgan fingerprint density at radius 1 is 0.889 bits per heavy atom. The quantitative estimate of drug-likeness (QED) is 0.124. The highest BCUT2D eigenvalue weighted by Crippen LogP contribution is 2.34. The number of ether oxygens (including phenoxy) is 3. The topological polar surface area (TPSA) is 82.1 Å². The summed E-state index contributed by atoms with van der Waals surface area (Å²) < 4.78 is 16.7. The van der Waals surface area contributed by atoms with E-state index in [4.69, 9.17) is 14.2 Å². The van der Waals surface area contributed by atoms with Crippen molar-refractivity contribution in [3.63, 3.8) is 0 Å². The summed E-state index contributed by atoms with van der Waals surface area (Å²) in [5.41, 5.74) is 5.88. The maximum absolute atomic E-state index is 11.7. The van der Waals surface area contributed by atoms with Gasteiger partial charge in [0.25, 0.3) is 0 Å². The van der Waals surface area contributed by atoms with E-state index in [0.29, 0.717) is 49.9 Å². The highest BCUT2D eigenvalue weighted by Gasteiger charge is 2.16. The summed E-state index contributed by atoms with van der Waals surface area (Å²) in [6, 6.07) is 4.21. The van der Waals surface area contributed by atoms with E-state index in [1.54, 1.807) is 13.8 Å². The van der Waals surface area contributed by atoms with Crippen LogP contribution in [0.3, 0.4) is 0 Å². The fraction of sp³-hybridized carbons (Fsp3) is 0.467. The Labute approximate surface area is 216 Å². The largest absolute Gasteiger partial charge is 0.493 e. The van der Waals surface area contributed by atoms with Crippen molar-refractivity contribution in [1.82, 2.24) is 0 Å². The first-order chi connectivity index (χ1) is 17.2. The van der Waals surface area contributed by atoms with Crippen LogP contribution in [0.5, 0.6) is 5.75 Å². The maximum atomic E-state index is 11.7. The average molecular weight is 499 g/mol. The Bertz CT molecular complexity index is 915. The molecule has 198 valence electrons. The zero-order chi connectivity index (χ0) is 27.1. The first-order valence-electron chi connectivity index (χ1n) is 12.6. The highest BCUT2D eigenvalue weighted by molar-refractivity contribution is 5.87. The molecule has 6 heteroatoms. The lowest BCUT2D eigenvalue weighted by Crippen LogP contribution is -2.10. The van der Waals surface area contributed by atoms with Crippen molar-refractivity contribution < 1.29 is 28.9 Å². The predicted molar refractivity (Wildman–Crippen MR) is 145 cm³/mol. The van der Waals surface area contributed by atoms with Gasteiger partial charge in [-0.1, -0.05) is 32.7 Å². The number of esters is 2. The normalized spacial score (nSPS) is 11.1. The molecular weight excluding hydrogens is 456 g/mol. The van der Waals surface area contributed by atoms with Gasteiger partial charge in [-0.15, -0.1) is 0 Å². The van der Waals surface area contributed by atoms with Crippen LogP contribution in [0.25, 0.3) is 5.57 Å². The molecule has 0 spiro atoms. The fourth-order valence-electron chi connectivity index (χ4n) is 3.57. The number of benzene rings is 1. The number of carbonyl (C=O) groups excluding carboxylic acids is 2. The van der Waals surface area contributed by atoms with Crippen molar-refractivity contribution in [3.05, 3.63) is 71.4 Å². The summed E-state index contributed by atoms with van der Waals surface area (Å²) in [4.78, 5) is 23.5. The Balaban J connectivity index is 3.28. The monoisotopic (exact) mass is 498 g/mol. The van der Waals surface area contributed by atoms with Crippen LogP contribution >= 0.6 is 0 Å². The minimum atomic E-state index is -0.399. The zero-order valence-electron chi connectivity index (χ0n) is 22.4. The summed E-state index contributed by atoms with van der Waals surface area (Å²) in [7, 11) is 0. The minimum Gasteiger partial charge on any atom is -0.493 e. The van der Waals surface area contributed by atoms with Crippen LogP contribution in [0.2, 0.25) is 0 Å². The molecule has 0 unspecified atom stereocenters. The van der Waals surface area contributed by atoms with E-state index in [0.717, 1.165) is 40.0 Å². The van der Waals surface area contributed by atoms with E-state index < -0.39 is 11.9 Å². The third-order valence-corrected chi connectivity index (χ3v) is 5.54. The molecule has 0 atom stereocenters. The second kappa shape index (κ2) is 16.5. The lowest BCUT2D eigenvalue weighted by atomic mass is 9.91. The van der Waals surface area contributed by atoms with Crippen LogP contribution in [-0.2, 0) is 31.9 Å².